The number of hydrogen-bond donors (Lipinski definition) is 0. The van der Waals surface area contributed by atoms with Gasteiger partial charge in [0.1, 0.15) is 0 Å². The molecule has 0 aromatic carbocycles. The van der Waals surface area contributed by atoms with Crippen LogP contribution < -0.4 is 0 Å². The fourth-order valence-corrected chi connectivity index (χ4v) is 9.17. The molecule has 0 bridgehead atoms. The van der Waals surface area contributed by atoms with E-state index in [1.165, 1.54) is 64.2 Å². The molecule has 0 aromatic heterocycles. The monoisotopic (exact) mass is 647 g/mol. The molecule has 0 aliphatic heterocycles. The van der Waals surface area contributed by atoms with Crippen LogP contribution in [0.25, 0.3) is 5.48 Å². The van der Waals surface area contributed by atoms with E-state index in [-0.39, 0.29) is 38.8 Å². The van der Waals surface area contributed by atoms with Crippen LogP contribution in [0.5, 0.6) is 0 Å². The minimum absolute atomic E-state index is 0. The first-order chi connectivity index (χ1) is 18.9. The number of nitrogens with zero attached hydrogens (tertiary/aromatic N) is 1. The normalized spacial score (nSPS) is 35.1. The van der Waals surface area contributed by atoms with E-state index in [0.717, 1.165) is 67.2 Å². The second-order valence-corrected chi connectivity index (χ2v) is 16.2. The Labute approximate surface area is 281 Å². The Morgan fingerprint density at radius 2 is 1.54 bits per heavy atom. The van der Waals surface area contributed by atoms with Gasteiger partial charge in [-0.25, -0.2) is 0 Å². The first-order valence-electron chi connectivity index (χ1n) is 17.6. The number of hydrogen-bond acceptors (Lipinski definition) is 2. The molecular formula is C37H68NO2Y-. The summed E-state index contributed by atoms with van der Waals surface area (Å²) >= 11 is 0. The molecule has 41 heavy (non-hydrogen) atoms. The van der Waals surface area contributed by atoms with Crippen LogP contribution in [0.15, 0.2) is 11.6 Å². The molecule has 1 radical (unpaired) electrons. The summed E-state index contributed by atoms with van der Waals surface area (Å²) in [6.07, 6.45) is 20.0. The molecule has 4 aliphatic rings. The molecule has 4 aliphatic carbocycles. The maximum absolute atomic E-state index is 5.76. The van der Waals surface area contributed by atoms with E-state index in [4.69, 9.17) is 9.88 Å². The van der Waals surface area contributed by atoms with Crippen molar-refractivity contribution in [3.05, 3.63) is 17.1 Å². The topological polar surface area (TPSA) is 32.6 Å². The van der Waals surface area contributed by atoms with Crippen molar-refractivity contribution in [3.63, 3.8) is 0 Å². The third-order valence-corrected chi connectivity index (χ3v) is 12.1. The Bertz CT molecular complexity index is 781. The van der Waals surface area contributed by atoms with Gasteiger partial charge >= 0.3 is 0 Å². The first kappa shape index (κ1) is 37.9. The van der Waals surface area contributed by atoms with E-state index < -0.39 is 0 Å². The maximum Gasteiger partial charge on any atom is 0.0949 e. The van der Waals surface area contributed by atoms with E-state index in [1.807, 2.05) is 0 Å². The summed E-state index contributed by atoms with van der Waals surface area (Å²) in [7, 11) is 0. The van der Waals surface area contributed by atoms with Crippen molar-refractivity contribution in [1.82, 2.24) is 0 Å². The van der Waals surface area contributed by atoms with Crippen molar-refractivity contribution in [2.75, 3.05) is 6.54 Å². The molecule has 3 nitrogen and oxygen atoms in total. The molecule has 3 saturated carbocycles. The van der Waals surface area contributed by atoms with Gasteiger partial charge in [-0.2, -0.15) is 0 Å². The summed E-state index contributed by atoms with van der Waals surface area (Å²) in [5.41, 5.74) is 6.76. The van der Waals surface area contributed by atoms with E-state index in [2.05, 4.69) is 80.8 Å². The summed E-state index contributed by atoms with van der Waals surface area (Å²) in [5.74, 6) is 6.92. The predicted octanol–water partition coefficient (Wildman–Crippen LogP) is 11.7. The van der Waals surface area contributed by atoms with Crippen molar-refractivity contribution < 1.29 is 42.6 Å². The van der Waals surface area contributed by atoms with Gasteiger partial charge in [-0.3, -0.25) is 4.89 Å². The molecule has 0 aromatic rings. The molecule has 0 heterocycles. The Morgan fingerprint density at radius 3 is 2.17 bits per heavy atom. The average Bonchev–Trinajstić information content (AvgIpc) is 3.25. The largest absolute Gasteiger partial charge is 0.500 e. The van der Waals surface area contributed by atoms with Crippen molar-refractivity contribution in [3.8, 4) is 0 Å². The van der Waals surface area contributed by atoms with E-state index in [9.17, 15) is 0 Å². The predicted molar refractivity (Wildman–Crippen MR) is 172 cm³/mol. The Hall–Kier alpha value is 0.724. The van der Waals surface area contributed by atoms with Gasteiger partial charge < -0.3 is 10.5 Å². The third-order valence-electron chi connectivity index (χ3n) is 12.1. The fourth-order valence-electron chi connectivity index (χ4n) is 9.17. The molecule has 3 fully saturated rings. The smallest absolute Gasteiger partial charge is 0.0949 e. The standard InChI is InChI=1S/C32H56NO2.C5H12.Y/c1-22(2)9-8-10-24(5)28-13-14-29-27-12-11-25-21-26(34-35-33-20-17-23(3)4)15-18-31(25,6)30(27)16-19-32(28,29)7;1-4-5(2)3;/h11,22-24,26-30H,8-10,12-21H2,1-7H3;5H,4H2,1-3H3;/q-1;;/t24?,26?,27?,28?,29?,30?,31-,32+;;/m0../s1. The zero-order valence-electron chi connectivity index (χ0n) is 29.0. The van der Waals surface area contributed by atoms with Crippen molar-refractivity contribution >= 4 is 0 Å². The molecule has 6 unspecified atom stereocenters. The summed E-state index contributed by atoms with van der Waals surface area (Å²) < 4.78 is 0. The average molecular weight is 648 g/mol. The second-order valence-electron chi connectivity index (χ2n) is 16.2. The summed E-state index contributed by atoms with van der Waals surface area (Å²) in [4.78, 5) is 11.0. The molecule has 4 heteroatoms. The quantitative estimate of drug-likeness (QED) is 0.0914. The number of fused-ring (bicyclic) bond motifs is 5. The van der Waals surface area contributed by atoms with Gasteiger partial charge in [0.25, 0.3) is 0 Å². The van der Waals surface area contributed by atoms with Crippen LogP contribution in [0.1, 0.15) is 153 Å². The van der Waals surface area contributed by atoms with E-state index in [0.29, 0.717) is 16.7 Å². The second kappa shape index (κ2) is 17.4. The van der Waals surface area contributed by atoms with Gasteiger partial charge in [0.2, 0.25) is 0 Å². The van der Waals surface area contributed by atoms with E-state index >= 15 is 0 Å². The molecule has 0 saturated heterocycles. The van der Waals surface area contributed by atoms with Crippen LogP contribution >= 0.6 is 0 Å². The van der Waals surface area contributed by atoms with Crippen molar-refractivity contribution in [2.24, 2.45) is 58.2 Å². The summed E-state index contributed by atoms with van der Waals surface area (Å²) in [5, 5.41) is 0. The molecule has 0 spiro atoms. The number of allylic oxidation sites excluding steroid dienone is 1. The van der Waals surface area contributed by atoms with E-state index in [1.54, 1.807) is 5.57 Å². The summed E-state index contributed by atoms with van der Waals surface area (Å²) in [6.45, 7) is 24.4. The zero-order chi connectivity index (χ0) is 29.5. The minimum atomic E-state index is 0. The van der Waals surface area contributed by atoms with Crippen LogP contribution in [0.4, 0.5) is 0 Å². The zero-order valence-corrected chi connectivity index (χ0v) is 31.9. The Kier molecular flexibility index (Phi) is 16.1. The fraction of sp³-hybridized carbons (Fsp3) is 0.946. The SMILES string of the molecule is CC(C)CCCC(C)C1CCC2C3CC=C4CC(OO[N-]CCC(C)C)CC[C@]4(C)C3CC[C@]12C.CCC(C)C.[Y]. The molecule has 0 amide bonds. The van der Waals surface area contributed by atoms with Crippen molar-refractivity contribution in [2.45, 2.75) is 159 Å². The van der Waals surface area contributed by atoms with Gasteiger partial charge in [-0.1, -0.05) is 113 Å². The van der Waals surface area contributed by atoms with Gasteiger partial charge in [0.05, 0.1) is 6.10 Å². The van der Waals surface area contributed by atoms with Crippen LogP contribution in [0, 0.1) is 58.2 Å². The van der Waals surface area contributed by atoms with Gasteiger partial charge in [-0.15, -0.1) is 6.54 Å². The molecular weight excluding hydrogens is 579 g/mol. The molecule has 4 rings (SSSR count). The number of hydroxylamine groups is 1. The number of rotatable bonds is 12. The molecule has 8 atom stereocenters. The van der Waals surface area contributed by atoms with Gasteiger partial charge in [0, 0.05) is 32.7 Å². The first-order valence-corrected chi connectivity index (χ1v) is 17.6. The summed E-state index contributed by atoms with van der Waals surface area (Å²) in [6, 6.07) is 0. The molecule has 0 N–H and O–H groups in total. The van der Waals surface area contributed by atoms with Crippen molar-refractivity contribution in [1.29, 1.82) is 0 Å². The Morgan fingerprint density at radius 1 is 0.854 bits per heavy atom. The van der Waals surface area contributed by atoms with Crippen LogP contribution in [-0.4, -0.2) is 12.6 Å². The molecule has 237 valence electrons. The van der Waals surface area contributed by atoms with Crippen LogP contribution in [-0.2, 0) is 42.6 Å². The van der Waals surface area contributed by atoms with Gasteiger partial charge in [0.15, 0.2) is 0 Å². The Balaban J connectivity index is 0.000000902. The maximum atomic E-state index is 5.76. The third kappa shape index (κ3) is 9.85. The minimum Gasteiger partial charge on any atom is -0.500 e. The van der Waals surface area contributed by atoms with Crippen LogP contribution in [0.2, 0.25) is 0 Å². The van der Waals surface area contributed by atoms with Crippen LogP contribution in [0.3, 0.4) is 0 Å². The van der Waals surface area contributed by atoms with Gasteiger partial charge in [-0.05, 0) is 110 Å².